The Hall–Kier alpha value is -2.40. The van der Waals surface area contributed by atoms with E-state index in [1.807, 2.05) is 30.3 Å². The van der Waals surface area contributed by atoms with Crippen LogP contribution in [0.5, 0.6) is 0 Å². The summed E-state index contributed by atoms with van der Waals surface area (Å²) in [5, 5.41) is 3.33. The summed E-state index contributed by atoms with van der Waals surface area (Å²) in [5.74, 6) is -0.0982. The number of benzene rings is 2. The van der Waals surface area contributed by atoms with Crippen molar-refractivity contribution in [2.45, 2.75) is 31.2 Å². The van der Waals surface area contributed by atoms with Gasteiger partial charge in [-0.15, -0.1) is 0 Å². The SMILES string of the molecule is O=C(CN1CCCN(c2ccc(F)cc2)CC1)NC1(c2ccccc2)CCC1. The Balaban J connectivity index is 1.33. The lowest BCUT2D eigenvalue weighted by Gasteiger charge is -2.43. The van der Waals surface area contributed by atoms with Gasteiger partial charge in [-0.25, -0.2) is 4.39 Å². The average molecular weight is 381 g/mol. The van der Waals surface area contributed by atoms with Crippen LogP contribution in [0.25, 0.3) is 0 Å². The van der Waals surface area contributed by atoms with Gasteiger partial charge in [-0.3, -0.25) is 9.69 Å². The van der Waals surface area contributed by atoms with Crippen LogP contribution >= 0.6 is 0 Å². The van der Waals surface area contributed by atoms with Crippen LogP contribution in [0.4, 0.5) is 10.1 Å². The summed E-state index contributed by atoms with van der Waals surface area (Å²) in [7, 11) is 0. The number of halogens is 1. The first-order valence-electron chi connectivity index (χ1n) is 10.2. The Morgan fingerprint density at radius 1 is 0.929 bits per heavy atom. The summed E-state index contributed by atoms with van der Waals surface area (Å²) in [4.78, 5) is 17.3. The summed E-state index contributed by atoms with van der Waals surface area (Å²) in [6.45, 7) is 3.96. The molecule has 1 aliphatic heterocycles. The monoisotopic (exact) mass is 381 g/mol. The fourth-order valence-electron chi connectivity index (χ4n) is 4.32. The van der Waals surface area contributed by atoms with E-state index < -0.39 is 0 Å². The van der Waals surface area contributed by atoms with Gasteiger partial charge in [0.15, 0.2) is 0 Å². The van der Waals surface area contributed by atoms with Crippen LogP contribution in [0.15, 0.2) is 54.6 Å². The van der Waals surface area contributed by atoms with Gasteiger partial charge in [0, 0.05) is 31.9 Å². The molecule has 28 heavy (non-hydrogen) atoms. The van der Waals surface area contributed by atoms with Gasteiger partial charge in [0.1, 0.15) is 5.82 Å². The van der Waals surface area contributed by atoms with Crippen molar-refractivity contribution in [3.05, 3.63) is 66.0 Å². The van der Waals surface area contributed by atoms with Gasteiger partial charge in [-0.1, -0.05) is 30.3 Å². The van der Waals surface area contributed by atoms with Gasteiger partial charge < -0.3 is 10.2 Å². The highest BCUT2D eigenvalue weighted by molar-refractivity contribution is 5.79. The maximum absolute atomic E-state index is 13.2. The molecule has 1 heterocycles. The maximum Gasteiger partial charge on any atom is 0.234 e. The summed E-state index contributed by atoms with van der Waals surface area (Å²) in [6.07, 6.45) is 4.18. The smallest absolute Gasteiger partial charge is 0.234 e. The molecule has 4 nitrogen and oxygen atoms in total. The molecule has 148 valence electrons. The lowest BCUT2D eigenvalue weighted by atomic mass is 9.72. The lowest BCUT2D eigenvalue weighted by molar-refractivity contribution is -0.125. The van der Waals surface area contributed by atoms with Crippen LogP contribution < -0.4 is 10.2 Å². The van der Waals surface area contributed by atoms with E-state index in [1.54, 1.807) is 0 Å². The number of rotatable bonds is 5. The molecule has 2 aliphatic rings. The van der Waals surface area contributed by atoms with Gasteiger partial charge in [-0.05, 0) is 55.5 Å². The van der Waals surface area contributed by atoms with Crippen molar-refractivity contribution < 1.29 is 9.18 Å². The van der Waals surface area contributed by atoms with E-state index >= 15 is 0 Å². The van der Waals surface area contributed by atoms with E-state index in [-0.39, 0.29) is 17.3 Å². The predicted octanol–water partition coefficient (Wildman–Crippen LogP) is 3.53. The fourth-order valence-corrected chi connectivity index (χ4v) is 4.32. The number of amides is 1. The minimum Gasteiger partial charge on any atom is -0.370 e. The van der Waals surface area contributed by atoms with E-state index in [0.29, 0.717) is 6.54 Å². The molecule has 0 spiro atoms. The second kappa shape index (κ2) is 8.31. The zero-order valence-corrected chi connectivity index (χ0v) is 16.2. The second-order valence-electron chi connectivity index (χ2n) is 7.94. The Morgan fingerprint density at radius 3 is 2.36 bits per heavy atom. The second-order valence-corrected chi connectivity index (χ2v) is 7.94. The molecule has 1 amide bonds. The standard InChI is InChI=1S/C23H28FN3O/c24-20-8-10-21(11-9-20)27-15-5-14-26(16-17-27)18-22(28)25-23(12-4-13-23)19-6-2-1-3-7-19/h1-3,6-11H,4-5,12-18H2,(H,25,28). The molecule has 1 saturated carbocycles. The number of nitrogens with zero attached hydrogens (tertiary/aromatic N) is 2. The van der Waals surface area contributed by atoms with Gasteiger partial charge in [0.25, 0.3) is 0 Å². The Kier molecular flexibility index (Phi) is 5.62. The summed E-state index contributed by atoms with van der Waals surface area (Å²) in [6, 6.07) is 17.0. The topological polar surface area (TPSA) is 35.6 Å². The molecule has 0 unspecified atom stereocenters. The molecule has 2 aromatic rings. The first-order valence-corrected chi connectivity index (χ1v) is 10.2. The third-order valence-corrected chi connectivity index (χ3v) is 6.06. The molecule has 0 bridgehead atoms. The van der Waals surface area contributed by atoms with E-state index in [0.717, 1.165) is 57.5 Å². The first-order chi connectivity index (χ1) is 13.6. The molecule has 2 fully saturated rings. The number of hydrogen-bond donors (Lipinski definition) is 1. The highest BCUT2D eigenvalue weighted by atomic mass is 19.1. The van der Waals surface area contributed by atoms with E-state index in [4.69, 9.17) is 0 Å². The van der Waals surface area contributed by atoms with Crippen molar-refractivity contribution >= 4 is 11.6 Å². The minimum absolute atomic E-state index is 0.110. The highest BCUT2D eigenvalue weighted by Gasteiger charge is 2.40. The van der Waals surface area contributed by atoms with Crippen LogP contribution in [-0.4, -0.2) is 43.5 Å². The molecule has 5 heteroatoms. The minimum atomic E-state index is -0.208. The highest BCUT2D eigenvalue weighted by Crippen LogP contribution is 2.41. The average Bonchev–Trinajstić information content (AvgIpc) is 2.92. The molecule has 1 saturated heterocycles. The van der Waals surface area contributed by atoms with Crippen molar-refractivity contribution in [3.63, 3.8) is 0 Å². The van der Waals surface area contributed by atoms with Gasteiger partial charge in [0.2, 0.25) is 5.91 Å². The summed E-state index contributed by atoms with van der Waals surface area (Å²) in [5.41, 5.74) is 2.09. The molecular weight excluding hydrogens is 353 g/mol. The van der Waals surface area contributed by atoms with Crippen molar-refractivity contribution in [3.8, 4) is 0 Å². The molecule has 4 rings (SSSR count). The quantitative estimate of drug-likeness (QED) is 0.861. The van der Waals surface area contributed by atoms with Crippen molar-refractivity contribution in [1.82, 2.24) is 10.2 Å². The molecule has 1 N–H and O–H groups in total. The third-order valence-electron chi connectivity index (χ3n) is 6.06. The molecule has 0 aromatic heterocycles. The largest absolute Gasteiger partial charge is 0.370 e. The van der Waals surface area contributed by atoms with Crippen molar-refractivity contribution in [2.24, 2.45) is 0 Å². The first kappa shape index (κ1) is 18.9. The van der Waals surface area contributed by atoms with Crippen molar-refractivity contribution in [2.75, 3.05) is 37.6 Å². The summed E-state index contributed by atoms with van der Waals surface area (Å²) < 4.78 is 13.2. The Bertz CT molecular complexity index is 789. The molecule has 2 aromatic carbocycles. The van der Waals surface area contributed by atoms with Gasteiger partial charge in [0.05, 0.1) is 12.1 Å². The van der Waals surface area contributed by atoms with E-state index in [2.05, 4.69) is 27.2 Å². The number of anilines is 1. The number of hydrogen-bond acceptors (Lipinski definition) is 3. The molecule has 1 aliphatic carbocycles. The normalized spacial score (nSPS) is 19.5. The zero-order chi connectivity index (χ0) is 19.4. The van der Waals surface area contributed by atoms with Crippen molar-refractivity contribution in [1.29, 1.82) is 0 Å². The molecule has 0 radical (unpaired) electrons. The van der Waals surface area contributed by atoms with Crippen LogP contribution in [0, 0.1) is 5.82 Å². The van der Waals surface area contributed by atoms with E-state index in [1.165, 1.54) is 17.7 Å². The third kappa shape index (κ3) is 4.20. The zero-order valence-electron chi connectivity index (χ0n) is 16.2. The number of carbonyl (C=O) groups is 1. The molecular formula is C23H28FN3O. The van der Waals surface area contributed by atoms with Crippen LogP contribution in [-0.2, 0) is 10.3 Å². The number of carbonyl (C=O) groups excluding carboxylic acids is 1. The van der Waals surface area contributed by atoms with Gasteiger partial charge in [-0.2, -0.15) is 0 Å². The molecule has 0 atom stereocenters. The number of nitrogens with one attached hydrogen (secondary N) is 1. The van der Waals surface area contributed by atoms with Gasteiger partial charge >= 0.3 is 0 Å². The predicted molar refractivity (Wildman–Crippen MR) is 110 cm³/mol. The lowest BCUT2D eigenvalue weighted by Crippen LogP contribution is -2.53. The van der Waals surface area contributed by atoms with Crippen LogP contribution in [0.1, 0.15) is 31.2 Å². The Morgan fingerprint density at radius 2 is 1.68 bits per heavy atom. The summed E-state index contributed by atoms with van der Waals surface area (Å²) >= 11 is 0. The van der Waals surface area contributed by atoms with E-state index in [9.17, 15) is 9.18 Å². The maximum atomic E-state index is 13.2. The van der Waals surface area contributed by atoms with Crippen LogP contribution in [0.2, 0.25) is 0 Å². The Labute approximate surface area is 166 Å². The van der Waals surface area contributed by atoms with Crippen LogP contribution in [0.3, 0.4) is 0 Å². The fraction of sp³-hybridized carbons (Fsp3) is 0.435.